The minimum Gasteiger partial charge on any atom is -0.495 e. The smallest absolute Gasteiger partial charge is 0.234 e. The Balaban J connectivity index is 2.30. The fraction of sp³-hybridized carbons (Fsp3) is 0.600. The summed E-state index contributed by atoms with van der Waals surface area (Å²) in [5.74, 6) is -0.126. The second kappa shape index (κ2) is 3.82. The van der Waals surface area contributed by atoms with E-state index in [9.17, 15) is 10.2 Å². The Labute approximate surface area is 82.7 Å². The molecule has 0 saturated heterocycles. The fourth-order valence-corrected chi connectivity index (χ4v) is 1.97. The third kappa shape index (κ3) is 1.64. The van der Waals surface area contributed by atoms with Gasteiger partial charge in [0.05, 0.1) is 5.92 Å². The first kappa shape index (κ1) is 9.24. The van der Waals surface area contributed by atoms with Crippen LogP contribution in [-0.2, 0) is 0 Å². The molecule has 0 aromatic rings. The molecule has 1 aliphatic heterocycles. The molecule has 0 aromatic heterocycles. The average molecular weight is 194 g/mol. The van der Waals surface area contributed by atoms with Crippen LogP contribution in [0.4, 0.5) is 0 Å². The van der Waals surface area contributed by atoms with Crippen LogP contribution in [0.3, 0.4) is 0 Å². The van der Waals surface area contributed by atoms with Gasteiger partial charge in [-0.05, 0) is 19.3 Å². The molecule has 2 aliphatic rings. The van der Waals surface area contributed by atoms with Crippen LogP contribution in [0.2, 0.25) is 0 Å². The summed E-state index contributed by atoms with van der Waals surface area (Å²) in [6.45, 7) is 0. The molecule has 1 unspecified atom stereocenters. The van der Waals surface area contributed by atoms with Crippen LogP contribution < -0.4 is 0 Å². The number of rotatable bonds is 0. The first-order valence-corrected chi connectivity index (χ1v) is 5.03. The third-order valence-corrected chi connectivity index (χ3v) is 2.75. The molecule has 2 rings (SSSR count). The molecule has 0 spiro atoms. The van der Waals surface area contributed by atoms with E-state index in [0.717, 1.165) is 31.3 Å². The molecule has 1 heterocycles. The molecule has 2 N–H and O–H groups in total. The minimum atomic E-state index is -0.132. The number of allylic oxidation sites excluding steroid dienone is 1. The zero-order valence-electron chi connectivity index (χ0n) is 7.98. The molecule has 76 valence electrons. The van der Waals surface area contributed by atoms with Crippen LogP contribution in [-0.4, -0.2) is 22.0 Å². The van der Waals surface area contributed by atoms with Crippen molar-refractivity contribution in [1.29, 1.82) is 0 Å². The molecule has 14 heavy (non-hydrogen) atoms. The van der Waals surface area contributed by atoms with E-state index >= 15 is 0 Å². The number of fused-ring (bicyclic) bond motifs is 1. The lowest BCUT2D eigenvalue weighted by Gasteiger charge is -2.21. The lowest BCUT2D eigenvalue weighted by Crippen LogP contribution is -2.25. The van der Waals surface area contributed by atoms with Crippen LogP contribution in [0, 0.1) is 5.92 Å². The van der Waals surface area contributed by atoms with Gasteiger partial charge < -0.3 is 10.2 Å². The van der Waals surface area contributed by atoms with Gasteiger partial charge in [0.2, 0.25) is 11.8 Å². The van der Waals surface area contributed by atoms with Gasteiger partial charge >= 0.3 is 0 Å². The predicted octanol–water partition coefficient (Wildman–Crippen LogP) is 2.33. The summed E-state index contributed by atoms with van der Waals surface area (Å²) in [4.78, 5) is 0. The number of hydrogen-bond acceptors (Lipinski definition) is 2. The monoisotopic (exact) mass is 194 g/mol. The maximum absolute atomic E-state index is 9.53. The molecule has 0 radical (unpaired) electrons. The summed E-state index contributed by atoms with van der Waals surface area (Å²) in [6, 6.07) is 0. The van der Waals surface area contributed by atoms with Gasteiger partial charge in [-0.25, -0.2) is 0 Å². The first-order chi connectivity index (χ1) is 6.79. The SMILES string of the molecule is OC1=NN=C(O)C2CCCCC/C=C/12. The molecule has 4 heteroatoms. The molecular formula is C10H14N2O2. The van der Waals surface area contributed by atoms with Gasteiger partial charge in [0.25, 0.3) is 0 Å². The van der Waals surface area contributed by atoms with Gasteiger partial charge in [0.15, 0.2) is 0 Å². The topological polar surface area (TPSA) is 65.2 Å². The summed E-state index contributed by atoms with van der Waals surface area (Å²) in [7, 11) is 0. The Morgan fingerprint density at radius 3 is 2.86 bits per heavy atom. The van der Waals surface area contributed by atoms with Gasteiger partial charge in [0.1, 0.15) is 0 Å². The molecule has 4 nitrogen and oxygen atoms in total. The van der Waals surface area contributed by atoms with Crippen molar-refractivity contribution in [2.24, 2.45) is 16.1 Å². The molecule has 0 aromatic carbocycles. The van der Waals surface area contributed by atoms with E-state index in [0.29, 0.717) is 0 Å². The zero-order valence-corrected chi connectivity index (χ0v) is 7.98. The Morgan fingerprint density at radius 1 is 1.14 bits per heavy atom. The molecule has 0 amide bonds. The predicted molar refractivity (Wildman–Crippen MR) is 54.8 cm³/mol. The Kier molecular flexibility index (Phi) is 2.52. The van der Waals surface area contributed by atoms with Gasteiger partial charge in [-0.2, -0.15) is 0 Å². The maximum Gasteiger partial charge on any atom is 0.234 e. The summed E-state index contributed by atoms with van der Waals surface area (Å²) in [6.07, 6.45) is 7.13. The first-order valence-electron chi connectivity index (χ1n) is 5.03. The van der Waals surface area contributed by atoms with E-state index in [4.69, 9.17) is 0 Å². The molecular weight excluding hydrogens is 180 g/mol. The van der Waals surface area contributed by atoms with Crippen molar-refractivity contribution in [3.8, 4) is 0 Å². The second-order valence-electron chi connectivity index (χ2n) is 3.73. The largest absolute Gasteiger partial charge is 0.495 e. The van der Waals surface area contributed by atoms with Crippen molar-refractivity contribution in [3.63, 3.8) is 0 Å². The summed E-state index contributed by atoms with van der Waals surface area (Å²) in [5.41, 5.74) is 0.747. The van der Waals surface area contributed by atoms with Crippen molar-refractivity contribution < 1.29 is 10.2 Å². The van der Waals surface area contributed by atoms with E-state index in [2.05, 4.69) is 10.2 Å². The van der Waals surface area contributed by atoms with E-state index in [1.54, 1.807) is 0 Å². The van der Waals surface area contributed by atoms with Crippen molar-refractivity contribution >= 4 is 11.8 Å². The van der Waals surface area contributed by atoms with Gasteiger partial charge in [-0.1, -0.05) is 18.9 Å². The summed E-state index contributed by atoms with van der Waals surface area (Å²) in [5, 5.41) is 26.1. The lowest BCUT2D eigenvalue weighted by atomic mass is 9.88. The van der Waals surface area contributed by atoms with Crippen LogP contribution in [0.15, 0.2) is 21.9 Å². The molecule has 0 bridgehead atoms. The highest BCUT2D eigenvalue weighted by Crippen LogP contribution is 2.27. The zero-order chi connectivity index (χ0) is 9.97. The quantitative estimate of drug-likeness (QED) is 0.621. The van der Waals surface area contributed by atoms with Crippen LogP contribution in [0.1, 0.15) is 32.1 Å². The Bertz CT molecular complexity index is 318. The lowest BCUT2D eigenvalue weighted by molar-refractivity contribution is 0.449. The van der Waals surface area contributed by atoms with Crippen molar-refractivity contribution in [1.82, 2.24) is 0 Å². The molecule has 0 saturated carbocycles. The number of aliphatic hydroxyl groups excluding tert-OH is 2. The van der Waals surface area contributed by atoms with Crippen molar-refractivity contribution in [2.75, 3.05) is 0 Å². The fourth-order valence-electron chi connectivity index (χ4n) is 1.97. The van der Waals surface area contributed by atoms with Crippen molar-refractivity contribution in [2.45, 2.75) is 32.1 Å². The summed E-state index contributed by atoms with van der Waals surface area (Å²) >= 11 is 0. The van der Waals surface area contributed by atoms with Crippen molar-refractivity contribution in [3.05, 3.63) is 11.6 Å². The number of nitrogens with zero attached hydrogens (tertiary/aromatic N) is 2. The second-order valence-corrected chi connectivity index (χ2v) is 3.73. The van der Waals surface area contributed by atoms with E-state index in [-0.39, 0.29) is 17.7 Å². The van der Waals surface area contributed by atoms with Crippen LogP contribution >= 0.6 is 0 Å². The molecule has 1 aliphatic carbocycles. The highest BCUT2D eigenvalue weighted by atomic mass is 16.3. The van der Waals surface area contributed by atoms with E-state index in [1.165, 1.54) is 6.42 Å². The molecule has 1 atom stereocenters. The van der Waals surface area contributed by atoms with Gasteiger partial charge in [0, 0.05) is 5.57 Å². The van der Waals surface area contributed by atoms with E-state index in [1.807, 2.05) is 6.08 Å². The Morgan fingerprint density at radius 2 is 2.00 bits per heavy atom. The van der Waals surface area contributed by atoms with E-state index < -0.39 is 0 Å². The molecule has 0 fully saturated rings. The normalized spacial score (nSPS) is 31.4. The average Bonchev–Trinajstić information content (AvgIpc) is 2.11. The number of aliphatic hydroxyl groups is 2. The van der Waals surface area contributed by atoms with Gasteiger partial charge in [-0.3, -0.25) is 0 Å². The van der Waals surface area contributed by atoms with Gasteiger partial charge in [-0.15, -0.1) is 10.2 Å². The Hall–Kier alpha value is -1.32. The number of hydrogen-bond donors (Lipinski definition) is 2. The highest BCUT2D eigenvalue weighted by molar-refractivity contribution is 6.01. The highest BCUT2D eigenvalue weighted by Gasteiger charge is 2.27. The standard InChI is InChI=1S/C10H14N2O2/c13-9-7-5-3-1-2-4-6-8(7)10(14)12-11-9/h5,8H,1-4,6H2,(H,11,13)(H,12,14)/b7-5+. The maximum atomic E-state index is 9.53. The minimum absolute atomic E-state index is 0.0327. The van der Waals surface area contributed by atoms with Crippen LogP contribution in [0.5, 0.6) is 0 Å². The third-order valence-electron chi connectivity index (χ3n) is 2.75. The van der Waals surface area contributed by atoms with Crippen LogP contribution in [0.25, 0.3) is 0 Å². The summed E-state index contributed by atoms with van der Waals surface area (Å²) < 4.78 is 0.